The van der Waals surface area contributed by atoms with Gasteiger partial charge in [-0.05, 0) is 50.5 Å². The summed E-state index contributed by atoms with van der Waals surface area (Å²) in [6.45, 7) is 5.23. The summed E-state index contributed by atoms with van der Waals surface area (Å²) in [6, 6.07) is 7.53. The Balaban J connectivity index is 1.59. The van der Waals surface area contributed by atoms with Gasteiger partial charge in [0.25, 0.3) is 0 Å². The zero-order chi connectivity index (χ0) is 17.8. The van der Waals surface area contributed by atoms with Gasteiger partial charge < -0.3 is 9.64 Å². The first-order valence-corrected chi connectivity index (χ1v) is 9.94. The minimum atomic E-state index is 0.236. The van der Waals surface area contributed by atoms with Gasteiger partial charge in [-0.15, -0.1) is 11.3 Å². The largest absolute Gasteiger partial charge is 0.486 e. The number of carbonyl (C=O) groups is 1. The van der Waals surface area contributed by atoms with Crippen molar-refractivity contribution in [1.29, 1.82) is 0 Å². The van der Waals surface area contributed by atoms with Gasteiger partial charge in [0.2, 0.25) is 5.91 Å². The average Bonchev–Trinajstić information content (AvgIpc) is 3.38. The molecule has 1 aromatic carbocycles. The van der Waals surface area contributed by atoms with Crippen LogP contribution in [-0.2, 0) is 17.9 Å². The van der Waals surface area contributed by atoms with Gasteiger partial charge >= 0.3 is 0 Å². The van der Waals surface area contributed by atoms with Crippen molar-refractivity contribution >= 4 is 28.8 Å². The van der Waals surface area contributed by atoms with E-state index in [1.54, 1.807) is 23.5 Å². The average molecular weight is 379 g/mol. The first kappa shape index (κ1) is 18.2. The molecule has 0 bridgehead atoms. The molecule has 25 heavy (non-hydrogen) atoms. The Morgan fingerprint density at radius 1 is 1.40 bits per heavy atom. The van der Waals surface area contributed by atoms with Crippen molar-refractivity contribution in [3.05, 3.63) is 45.4 Å². The van der Waals surface area contributed by atoms with Crippen LogP contribution in [0.15, 0.2) is 29.6 Å². The number of benzene rings is 1. The number of ether oxygens (including phenoxy) is 1. The van der Waals surface area contributed by atoms with Crippen LogP contribution in [0.2, 0.25) is 5.02 Å². The van der Waals surface area contributed by atoms with Crippen molar-refractivity contribution in [2.24, 2.45) is 5.92 Å². The molecule has 134 valence electrons. The third-order valence-electron chi connectivity index (χ3n) is 4.44. The number of carbonyl (C=O) groups excluding carboxylic acids is 1. The summed E-state index contributed by atoms with van der Waals surface area (Å²) < 4.78 is 5.74. The maximum Gasteiger partial charge on any atom is 0.226 e. The predicted molar refractivity (Wildman–Crippen MR) is 101 cm³/mol. The topological polar surface area (TPSA) is 42.4 Å². The molecule has 0 radical (unpaired) electrons. The molecule has 2 aromatic rings. The standard InChI is InChI=1S/C19H23ClN2O2S/c1-3-13(2)22(19(23)14-4-5-14)10-16-12-25-18(21-16)11-24-17-8-6-15(20)7-9-17/h6-9,12-14H,3-5,10-11H2,1-2H3. The highest BCUT2D eigenvalue weighted by Gasteiger charge is 2.35. The molecule has 1 fully saturated rings. The van der Waals surface area contributed by atoms with Crippen molar-refractivity contribution in [1.82, 2.24) is 9.88 Å². The molecule has 1 aromatic heterocycles. The normalized spacial score (nSPS) is 15.0. The van der Waals surface area contributed by atoms with Gasteiger partial charge in [-0.1, -0.05) is 18.5 Å². The molecule has 0 aliphatic heterocycles. The molecule has 1 aliphatic rings. The summed E-state index contributed by atoms with van der Waals surface area (Å²) in [5.41, 5.74) is 0.939. The van der Waals surface area contributed by atoms with Gasteiger partial charge in [0.05, 0.1) is 12.2 Å². The van der Waals surface area contributed by atoms with E-state index in [1.807, 2.05) is 22.4 Å². The smallest absolute Gasteiger partial charge is 0.226 e. The van der Waals surface area contributed by atoms with Crippen molar-refractivity contribution in [2.75, 3.05) is 0 Å². The highest BCUT2D eigenvalue weighted by atomic mass is 35.5. The molecular formula is C19H23ClN2O2S. The molecule has 1 atom stereocenters. The van der Waals surface area contributed by atoms with Crippen LogP contribution in [-0.4, -0.2) is 21.8 Å². The number of nitrogens with zero attached hydrogens (tertiary/aromatic N) is 2. The van der Waals surface area contributed by atoms with Crippen LogP contribution in [0.4, 0.5) is 0 Å². The molecule has 1 unspecified atom stereocenters. The third-order valence-corrected chi connectivity index (χ3v) is 5.56. The first-order valence-electron chi connectivity index (χ1n) is 8.69. The summed E-state index contributed by atoms with van der Waals surface area (Å²) >= 11 is 7.44. The fourth-order valence-corrected chi connectivity index (χ4v) is 3.40. The van der Waals surface area contributed by atoms with Crippen LogP contribution in [0, 0.1) is 5.92 Å². The molecule has 0 saturated heterocycles. The van der Waals surface area contributed by atoms with Gasteiger partial charge in [-0.2, -0.15) is 0 Å². The maximum atomic E-state index is 12.5. The fourth-order valence-electron chi connectivity index (χ4n) is 2.57. The van der Waals surface area contributed by atoms with Gasteiger partial charge in [0, 0.05) is 22.4 Å². The summed E-state index contributed by atoms with van der Waals surface area (Å²) in [6.07, 6.45) is 3.02. The molecular weight excluding hydrogens is 356 g/mol. The lowest BCUT2D eigenvalue weighted by Gasteiger charge is -2.28. The molecule has 3 rings (SSSR count). The number of thiazole rings is 1. The molecule has 1 amide bonds. The van der Waals surface area contributed by atoms with Crippen LogP contribution in [0.25, 0.3) is 0 Å². The molecule has 6 heteroatoms. The van der Waals surface area contributed by atoms with Gasteiger partial charge in [-0.3, -0.25) is 4.79 Å². The lowest BCUT2D eigenvalue weighted by atomic mass is 10.2. The van der Waals surface area contributed by atoms with E-state index < -0.39 is 0 Å². The van der Waals surface area contributed by atoms with Gasteiger partial charge in [0.15, 0.2) is 0 Å². The van der Waals surface area contributed by atoms with Crippen LogP contribution in [0.1, 0.15) is 43.8 Å². The predicted octanol–water partition coefficient (Wildman–Crippen LogP) is 4.91. The zero-order valence-electron chi connectivity index (χ0n) is 14.6. The van der Waals surface area contributed by atoms with E-state index >= 15 is 0 Å². The van der Waals surface area contributed by atoms with Crippen molar-refractivity contribution in [3.8, 4) is 5.75 Å². The Morgan fingerprint density at radius 2 is 2.12 bits per heavy atom. The van der Waals surface area contributed by atoms with Crippen LogP contribution in [0.5, 0.6) is 5.75 Å². The number of aromatic nitrogens is 1. The van der Waals surface area contributed by atoms with E-state index in [0.717, 1.165) is 35.7 Å². The Bertz CT molecular complexity index is 712. The first-order chi connectivity index (χ1) is 12.1. The molecule has 0 N–H and O–H groups in total. The maximum absolute atomic E-state index is 12.5. The van der Waals surface area contributed by atoms with E-state index in [1.165, 1.54) is 0 Å². The Labute approximate surface area is 157 Å². The van der Waals surface area contributed by atoms with Crippen molar-refractivity contribution < 1.29 is 9.53 Å². The molecule has 1 saturated carbocycles. The lowest BCUT2D eigenvalue weighted by molar-refractivity contribution is -0.135. The van der Waals surface area contributed by atoms with E-state index in [9.17, 15) is 4.79 Å². The molecule has 1 aliphatic carbocycles. The van der Waals surface area contributed by atoms with E-state index in [4.69, 9.17) is 16.3 Å². The second-order valence-electron chi connectivity index (χ2n) is 6.47. The van der Waals surface area contributed by atoms with Crippen molar-refractivity contribution in [3.63, 3.8) is 0 Å². The Morgan fingerprint density at radius 3 is 2.76 bits per heavy atom. The highest BCUT2D eigenvalue weighted by Crippen LogP contribution is 2.32. The quantitative estimate of drug-likeness (QED) is 0.655. The number of rotatable bonds is 8. The van der Waals surface area contributed by atoms with E-state index in [-0.39, 0.29) is 17.9 Å². The second-order valence-corrected chi connectivity index (χ2v) is 7.85. The fraction of sp³-hybridized carbons (Fsp3) is 0.474. The number of hydrogen-bond donors (Lipinski definition) is 0. The summed E-state index contributed by atoms with van der Waals surface area (Å²) in [5, 5.41) is 3.62. The number of amides is 1. The van der Waals surface area contributed by atoms with Gasteiger partial charge in [-0.25, -0.2) is 4.98 Å². The van der Waals surface area contributed by atoms with E-state index in [2.05, 4.69) is 18.8 Å². The number of hydrogen-bond acceptors (Lipinski definition) is 4. The monoisotopic (exact) mass is 378 g/mol. The minimum absolute atomic E-state index is 0.236. The van der Waals surface area contributed by atoms with Crippen LogP contribution < -0.4 is 4.74 Å². The molecule has 4 nitrogen and oxygen atoms in total. The lowest BCUT2D eigenvalue weighted by Crippen LogP contribution is -2.38. The minimum Gasteiger partial charge on any atom is -0.486 e. The third kappa shape index (κ3) is 4.95. The van der Waals surface area contributed by atoms with E-state index in [0.29, 0.717) is 18.2 Å². The van der Waals surface area contributed by atoms with Crippen LogP contribution >= 0.6 is 22.9 Å². The zero-order valence-corrected chi connectivity index (χ0v) is 16.1. The SMILES string of the molecule is CCC(C)N(Cc1csc(COc2ccc(Cl)cc2)n1)C(=O)C1CC1. The van der Waals surface area contributed by atoms with Crippen molar-refractivity contribution in [2.45, 2.75) is 52.3 Å². The summed E-state index contributed by atoms with van der Waals surface area (Å²) in [4.78, 5) is 19.1. The second kappa shape index (κ2) is 8.19. The Hall–Kier alpha value is -1.59. The summed E-state index contributed by atoms with van der Waals surface area (Å²) in [7, 11) is 0. The summed E-state index contributed by atoms with van der Waals surface area (Å²) in [5.74, 6) is 1.29. The molecule has 1 heterocycles. The Kier molecular flexibility index (Phi) is 5.97. The number of halogens is 1. The van der Waals surface area contributed by atoms with Gasteiger partial charge in [0.1, 0.15) is 17.4 Å². The molecule has 0 spiro atoms. The highest BCUT2D eigenvalue weighted by molar-refractivity contribution is 7.09. The van der Waals surface area contributed by atoms with Crippen LogP contribution in [0.3, 0.4) is 0 Å².